The Hall–Kier alpha value is -2.41. The van der Waals surface area contributed by atoms with Gasteiger partial charge in [0.25, 0.3) is 5.72 Å². The predicted octanol–water partition coefficient (Wildman–Crippen LogP) is -2.07. The van der Waals surface area contributed by atoms with E-state index in [-0.39, 0.29) is 37.9 Å². The summed E-state index contributed by atoms with van der Waals surface area (Å²) in [5.74, 6) is -6.07. The van der Waals surface area contributed by atoms with Crippen molar-refractivity contribution in [2.45, 2.75) is 69.8 Å². The van der Waals surface area contributed by atoms with E-state index in [4.69, 9.17) is 27.7 Å². The van der Waals surface area contributed by atoms with Crippen molar-refractivity contribution in [3.05, 3.63) is 0 Å². The van der Waals surface area contributed by atoms with Crippen LogP contribution < -0.4 is 22.9 Å². The maximum atomic E-state index is 12.5. The molecule has 0 spiro atoms. The molecule has 1 rings (SSSR count). The summed E-state index contributed by atoms with van der Waals surface area (Å²) in [4.78, 5) is 69.5. The van der Waals surface area contributed by atoms with Crippen molar-refractivity contribution in [1.29, 1.82) is 0 Å². The zero-order chi connectivity index (χ0) is 22.4. The van der Waals surface area contributed by atoms with Gasteiger partial charge in [-0.2, -0.15) is 0 Å². The van der Waals surface area contributed by atoms with Gasteiger partial charge in [-0.05, 0) is 26.2 Å². The highest BCUT2D eigenvalue weighted by Crippen LogP contribution is 2.24. The summed E-state index contributed by atoms with van der Waals surface area (Å²) in [5, 5.41) is 0. The molecular weight excluding hydrogens is 388 g/mol. The van der Waals surface area contributed by atoms with E-state index in [2.05, 4.69) is 9.78 Å². The minimum absolute atomic E-state index is 0.0106. The second kappa shape index (κ2) is 10.4. The van der Waals surface area contributed by atoms with Crippen LogP contribution in [0.4, 0.5) is 0 Å². The van der Waals surface area contributed by atoms with Crippen molar-refractivity contribution >= 4 is 29.5 Å². The number of cyclic esters (lactones) is 1. The van der Waals surface area contributed by atoms with Crippen molar-refractivity contribution in [3.8, 4) is 0 Å². The number of esters is 1. The predicted molar refractivity (Wildman–Crippen MR) is 97.1 cm³/mol. The first kappa shape index (κ1) is 24.6. The highest BCUT2D eigenvalue weighted by atomic mass is 17.2. The van der Waals surface area contributed by atoms with Gasteiger partial charge in [0.1, 0.15) is 23.7 Å². The van der Waals surface area contributed by atoms with Gasteiger partial charge in [0.15, 0.2) is 0 Å². The van der Waals surface area contributed by atoms with Crippen LogP contribution in [0, 0.1) is 5.92 Å². The second-order valence-electron chi connectivity index (χ2n) is 6.95. The molecule has 0 aromatic heterocycles. The molecule has 1 fully saturated rings. The average Bonchev–Trinajstić information content (AvgIpc) is 2.70. The molecule has 1 aliphatic rings. The number of carbonyl (C=O) groups is 5. The highest BCUT2D eigenvalue weighted by Gasteiger charge is 2.50. The van der Waals surface area contributed by atoms with E-state index in [1.54, 1.807) is 6.92 Å². The smallest absolute Gasteiger partial charge is 0.414 e. The maximum Gasteiger partial charge on any atom is 0.414 e. The van der Waals surface area contributed by atoms with Gasteiger partial charge in [-0.25, -0.2) is 19.4 Å². The van der Waals surface area contributed by atoms with Crippen molar-refractivity contribution < 1.29 is 38.5 Å². The third-order valence-electron chi connectivity index (χ3n) is 4.78. The molecule has 0 bridgehead atoms. The van der Waals surface area contributed by atoms with E-state index >= 15 is 0 Å². The number of nitrogens with two attached hydrogens (primary N) is 4. The summed E-state index contributed by atoms with van der Waals surface area (Å²) in [6.45, 7) is 2.82. The first-order valence-electron chi connectivity index (χ1n) is 9.20. The minimum atomic E-state index is -2.62. The van der Waals surface area contributed by atoms with Crippen molar-refractivity contribution in [2.24, 2.45) is 28.9 Å². The number of ether oxygens (including phenoxy) is 1. The number of carbonyl (C=O) groups excluding carboxylic acids is 5. The molecule has 12 heteroatoms. The molecule has 1 aliphatic heterocycles. The van der Waals surface area contributed by atoms with Gasteiger partial charge in [-0.15, -0.1) is 0 Å². The van der Waals surface area contributed by atoms with Crippen LogP contribution in [0.5, 0.6) is 0 Å². The van der Waals surface area contributed by atoms with Gasteiger partial charge in [0, 0.05) is 12.8 Å². The van der Waals surface area contributed by atoms with Crippen LogP contribution in [0.3, 0.4) is 0 Å². The molecule has 1 heterocycles. The summed E-state index contributed by atoms with van der Waals surface area (Å²) in [6, 6.07) is -3.29. The molecule has 0 amide bonds. The Kier molecular flexibility index (Phi) is 8.82. The molecule has 164 valence electrons. The van der Waals surface area contributed by atoms with Crippen LogP contribution in [0.2, 0.25) is 0 Å². The van der Waals surface area contributed by atoms with E-state index in [1.807, 2.05) is 0 Å². The zero-order valence-electron chi connectivity index (χ0n) is 16.4. The zero-order valence-corrected chi connectivity index (χ0v) is 16.4. The molecule has 0 aromatic rings. The lowest BCUT2D eigenvalue weighted by molar-refractivity contribution is -0.274. The van der Waals surface area contributed by atoms with Crippen molar-refractivity contribution in [2.75, 3.05) is 0 Å². The Labute approximate surface area is 167 Å². The highest BCUT2D eigenvalue weighted by molar-refractivity contribution is 5.93. The first-order chi connectivity index (χ1) is 13.4. The summed E-state index contributed by atoms with van der Waals surface area (Å²) >= 11 is 0. The van der Waals surface area contributed by atoms with Crippen LogP contribution in [0.1, 0.15) is 46.0 Å². The van der Waals surface area contributed by atoms with E-state index in [0.29, 0.717) is 0 Å². The van der Waals surface area contributed by atoms with Crippen LogP contribution in [-0.2, 0) is 38.5 Å². The molecule has 0 radical (unpaired) electrons. The summed E-state index contributed by atoms with van der Waals surface area (Å²) < 4.78 is 5.00. The third-order valence-corrected chi connectivity index (χ3v) is 4.78. The minimum Gasteiger partial charge on any atom is -0.430 e. The molecule has 0 aliphatic carbocycles. The number of Topliss-reactive ketones (excluding diaryl/α,β-unsaturated/α-hetero) is 2. The molecule has 5 unspecified atom stereocenters. The third kappa shape index (κ3) is 6.29. The molecule has 0 aromatic carbocycles. The summed E-state index contributed by atoms with van der Waals surface area (Å²) in [6.07, 6.45) is -0.197. The molecule has 5 atom stereocenters. The van der Waals surface area contributed by atoms with Gasteiger partial charge in [-0.3, -0.25) is 20.1 Å². The average molecular weight is 416 g/mol. The van der Waals surface area contributed by atoms with E-state index < -0.39 is 53.5 Å². The molecule has 1 saturated heterocycles. The molecule has 29 heavy (non-hydrogen) atoms. The fourth-order valence-electron chi connectivity index (χ4n) is 2.44. The monoisotopic (exact) mass is 416 g/mol. The SMILES string of the molecule is CCC(N)C(=O)OOC(=O)C1(N)OC(=O)C(N)CCC(=O)C(N)CCC(=O)C1C. The lowest BCUT2D eigenvalue weighted by atomic mass is 9.89. The lowest BCUT2D eigenvalue weighted by Crippen LogP contribution is -2.61. The number of hydrogen-bond donors (Lipinski definition) is 4. The standard InChI is InChI=1S/C17H28N4O8/c1-3-9(18)15(25)28-29-16(26)17(21)8(2)12(22)6-4-10(19)13(23)7-5-11(20)14(24)27-17/h8-11H,3-7,18-21H2,1-2H3. The van der Waals surface area contributed by atoms with Crippen LogP contribution >= 0.6 is 0 Å². The van der Waals surface area contributed by atoms with Crippen molar-refractivity contribution in [1.82, 2.24) is 0 Å². The molecular formula is C17H28N4O8. The largest absolute Gasteiger partial charge is 0.430 e. The summed E-state index contributed by atoms with van der Waals surface area (Å²) in [7, 11) is 0. The number of hydrogen-bond acceptors (Lipinski definition) is 12. The van der Waals surface area contributed by atoms with E-state index in [0.717, 1.165) is 0 Å². The lowest BCUT2D eigenvalue weighted by Gasteiger charge is -2.32. The van der Waals surface area contributed by atoms with Crippen LogP contribution in [0.25, 0.3) is 0 Å². The van der Waals surface area contributed by atoms with E-state index in [9.17, 15) is 24.0 Å². The molecule has 12 nitrogen and oxygen atoms in total. The number of ketones is 2. The fourth-order valence-corrected chi connectivity index (χ4v) is 2.44. The topological polar surface area (TPSA) is 217 Å². The maximum absolute atomic E-state index is 12.5. The Balaban J connectivity index is 3.09. The van der Waals surface area contributed by atoms with Gasteiger partial charge < -0.3 is 21.9 Å². The Morgan fingerprint density at radius 1 is 1.10 bits per heavy atom. The number of rotatable bonds is 3. The van der Waals surface area contributed by atoms with Crippen molar-refractivity contribution in [3.63, 3.8) is 0 Å². The summed E-state index contributed by atoms with van der Waals surface area (Å²) in [5.41, 5.74) is 20.2. The molecule has 8 N–H and O–H groups in total. The molecule has 0 saturated carbocycles. The van der Waals surface area contributed by atoms with Gasteiger partial charge in [0.2, 0.25) is 0 Å². The van der Waals surface area contributed by atoms with E-state index in [1.165, 1.54) is 6.92 Å². The first-order valence-corrected chi connectivity index (χ1v) is 9.20. The van der Waals surface area contributed by atoms with Gasteiger partial charge in [-0.1, -0.05) is 6.92 Å². The van der Waals surface area contributed by atoms with Gasteiger partial charge >= 0.3 is 17.9 Å². The van der Waals surface area contributed by atoms with Gasteiger partial charge in [0.05, 0.1) is 12.0 Å². The quantitative estimate of drug-likeness (QED) is 0.221. The second-order valence-corrected chi connectivity index (χ2v) is 6.95. The fraction of sp³-hybridized carbons (Fsp3) is 0.706. The Bertz CT molecular complexity index is 668. The Morgan fingerprint density at radius 3 is 2.24 bits per heavy atom. The van der Waals surface area contributed by atoms with Crippen LogP contribution in [0.15, 0.2) is 0 Å². The Morgan fingerprint density at radius 2 is 1.66 bits per heavy atom. The van der Waals surface area contributed by atoms with Crippen LogP contribution in [-0.4, -0.2) is 53.3 Å². The normalized spacial score (nSPS) is 30.4.